The van der Waals surface area contributed by atoms with Crippen molar-refractivity contribution in [2.45, 2.75) is 0 Å². The second-order valence-corrected chi connectivity index (χ2v) is 6.10. The molecule has 1 aromatic heterocycles. The average molecular weight is 409 g/mol. The Labute approximate surface area is 138 Å². The van der Waals surface area contributed by atoms with Gasteiger partial charge in [0, 0.05) is 14.3 Å². The smallest absolute Gasteiger partial charge is 0.142 e. The maximum Gasteiger partial charge on any atom is 0.142 e. The molecule has 21 heavy (non-hydrogen) atoms. The summed E-state index contributed by atoms with van der Waals surface area (Å²) in [5.74, 6) is 1.49. The summed E-state index contributed by atoms with van der Waals surface area (Å²) in [6.07, 6.45) is 1.54. The number of nitrogens with zero attached hydrogens (tertiary/aromatic N) is 2. The van der Waals surface area contributed by atoms with E-state index in [1.807, 2.05) is 36.4 Å². The van der Waals surface area contributed by atoms with Gasteiger partial charge < -0.3 is 10.1 Å². The summed E-state index contributed by atoms with van der Waals surface area (Å²) in [4.78, 5) is 8.66. The van der Waals surface area contributed by atoms with Crippen molar-refractivity contribution in [3.63, 3.8) is 0 Å². The molecule has 0 bridgehead atoms. The maximum atomic E-state index is 5.35. The third-order valence-corrected chi connectivity index (χ3v) is 4.08. The van der Waals surface area contributed by atoms with Crippen molar-refractivity contribution in [2.24, 2.45) is 0 Å². The molecule has 0 radical (unpaired) electrons. The highest BCUT2D eigenvalue weighted by atomic mass is 79.9. The Morgan fingerprint density at radius 2 is 1.90 bits per heavy atom. The fourth-order valence-corrected chi connectivity index (χ4v) is 3.39. The number of fused-ring (bicyclic) bond motifs is 1. The Morgan fingerprint density at radius 1 is 1.10 bits per heavy atom. The van der Waals surface area contributed by atoms with Crippen LogP contribution < -0.4 is 10.1 Å². The van der Waals surface area contributed by atoms with Gasteiger partial charge in [-0.3, -0.25) is 0 Å². The van der Waals surface area contributed by atoms with E-state index in [9.17, 15) is 0 Å². The molecule has 1 heterocycles. The molecule has 0 amide bonds. The van der Waals surface area contributed by atoms with Crippen LogP contribution in [0.3, 0.4) is 0 Å². The highest BCUT2D eigenvalue weighted by Gasteiger charge is 2.10. The van der Waals surface area contributed by atoms with Gasteiger partial charge in [-0.1, -0.05) is 28.1 Å². The molecule has 0 aliphatic carbocycles. The van der Waals surface area contributed by atoms with Crippen molar-refractivity contribution in [3.8, 4) is 5.75 Å². The summed E-state index contributed by atoms with van der Waals surface area (Å²) < 4.78 is 7.22. The lowest BCUT2D eigenvalue weighted by atomic mass is 10.2. The van der Waals surface area contributed by atoms with Gasteiger partial charge >= 0.3 is 0 Å². The lowest BCUT2D eigenvalue weighted by molar-refractivity contribution is 0.417. The zero-order valence-corrected chi connectivity index (χ0v) is 14.3. The summed E-state index contributed by atoms with van der Waals surface area (Å²) in [6.45, 7) is 0. The van der Waals surface area contributed by atoms with Gasteiger partial charge in [-0.15, -0.1) is 0 Å². The largest absolute Gasteiger partial charge is 0.495 e. The minimum atomic E-state index is 0.728. The van der Waals surface area contributed by atoms with E-state index in [-0.39, 0.29) is 0 Å². The number of anilines is 2. The standard InChI is InChI=1S/C15H11Br2N3O/c1-21-13-5-3-2-4-12(13)20-15-10-6-9(16)7-11(17)14(10)18-8-19-15/h2-8H,1H3,(H,18,19,20). The van der Waals surface area contributed by atoms with E-state index in [2.05, 4.69) is 47.1 Å². The van der Waals surface area contributed by atoms with Crippen molar-refractivity contribution in [1.29, 1.82) is 0 Å². The van der Waals surface area contributed by atoms with Gasteiger partial charge in [-0.2, -0.15) is 0 Å². The third kappa shape index (κ3) is 2.87. The average Bonchev–Trinajstić information content (AvgIpc) is 2.48. The molecule has 0 aliphatic heterocycles. The first-order valence-electron chi connectivity index (χ1n) is 6.19. The van der Waals surface area contributed by atoms with Crippen molar-refractivity contribution in [2.75, 3.05) is 12.4 Å². The molecule has 0 aliphatic rings. The van der Waals surface area contributed by atoms with E-state index in [4.69, 9.17) is 4.74 Å². The Kier molecular flexibility index (Phi) is 4.07. The van der Waals surface area contributed by atoms with Gasteiger partial charge in [0.2, 0.25) is 0 Å². The number of hydrogen-bond donors (Lipinski definition) is 1. The molecule has 3 aromatic rings. The van der Waals surface area contributed by atoms with Crippen LogP contribution in [0.15, 0.2) is 51.7 Å². The second kappa shape index (κ2) is 5.99. The fourth-order valence-electron chi connectivity index (χ4n) is 2.07. The van der Waals surface area contributed by atoms with Crippen LogP contribution in [0.4, 0.5) is 11.5 Å². The molecular formula is C15H11Br2N3O. The predicted octanol–water partition coefficient (Wildman–Crippen LogP) is 4.91. The maximum absolute atomic E-state index is 5.35. The molecule has 0 unspecified atom stereocenters. The Morgan fingerprint density at radius 3 is 2.71 bits per heavy atom. The zero-order chi connectivity index (χ0) is 14.8. The minimum Gasteiger partial charge on any atom is -0.495 e. The van der Waals surface area contributed by atoms with Crippen molar-refractivity contribution in [1.82, 2.24) is 9.97 Å². The van der Waals surface area contributed by atoms with Crippen molar-refractivity contribution >= 4 is 54.3 Å². The number of aromatic nitrogens is 2. The van der Waals surface area contributed by atoms with Crippen LogP contribution in [0.5, 0.6) is 5.75 Å². The number of ether oxygens (including phenoxy) is 1. The van der Waals surface area contributed by atoms with Crippen LogP contribution in [0.1, 0.15) is 0 Å². The molecule has 0 fully saturated rings. The van der Waals surface area contributed by atoms with Crippen LogP contribution >= 0.6 is 31.9 Å². The third-order valence-electron chi connectivity index (χ3n) is 3.02. The highest BCUT2D eigenvalue weighted by molar-refractivity contribution is 9.11. The second-order valence-electron chi connectivity index (χ2n) is 4.33. The molecule has 3 rings (SSSR count). The summed E-state index contributed by atoms with van der Waals surface area (Å²) in [6, 6.07) is 11.7. The topological polar surface area (TPSA) is 47.0 Å². The van der Waals surface area contributed by atoms with Crippen molar-refractivity contribution < 1.29 is 4.74 Å². The van der Waals surface area contributed by atoms with Gasteiger partial charge in [0.15, 0.2) is 0 Å². The minimum absolute atomic E-state index is 0.728. The lowest BCUT2D eigenvalue weighted by Crippen LogP contribution is -1.98. The van der Waals surface area contributed by atoms with Crippen LogP contribution in [0, 0.1) is 0 Å². The number of hydrogen-bond acceptors (Lipinski definition) is 4. The van der Waals surface area contributed by atoms with Gasteiger partial charge in [-0.05, 0) is 40.2 Å². The molecule has 2 aromatic carbocycles. The van der Waals surface area contributed by atoms with Gasteiger partial charge in [0.1, 0.15) is 17.9 Å². The van der Waals surface area contributed by atoms with E-state index in [1.54, 1.807) is 13.4 Å². The Balaban J connectivity index is 2.13. The zero-order valence-electron chi connectivity index (χ0n) is 11.1. The SMILES string of the molecule is COc1ccccc1Nc1ncnc2c(Br)cc(Br)cc12. The van der Waals surface area contributed by atoms with E-state index >= 15 is 0 Å². The molecule has 0 saturated carbocycles. The fraction of sp³-hybridized carbons (Fsp3) is 0.0667. The van der Waals surface area contributed by atoms with E-state index in [0.717, 1.165) is 37.1 Å². The van der Waals surface area contributed by atoms with E-state index in [1.165, 1.54) is 0 Å². The van der Waals surface area contributed by atoms with Gasteiger partial charge in [0.25, 0.3) is 0 Å². The summed E-state index contributed by atoms with van der Waals surface area (Å²) >= 11 is 7.02. The number of halogens is 2. The number of methoxy groups -OCH3 is 1. The quantitative estimate of drug-likeness (QED) is 0.668. The summed E-state index contributed by atoms with van der Waals surface area (Å²) in [7, 11) is 1.64. The van der Waals surface area contributed by atoms with Gasteiger partial charge in [0.05, 0.1) is 18.3 Å². The van der Waals surface area contributed by atoms with Crippen molar-refractivity contribution in [3.05, 3.63) is 51.7 Å². The van der Waals surface area contributed by atoms with E-state index in [0.29, 0.717) is 0 Å². The Bertz CT molecular complexity index is 808. The number of para-hydroxylation sites is 2. The molecule has 0 atom stereocenters. The van der Waals surface area contributed by atoms with Crippen LogP contribution in [0.2, 0.25) is 0 Å². The van der Waals surface area contributed by atoms with Crippen LogP contribution in [-0.2, 0) is 0 Å². The Hall–Kier alpha value is -1.66. The highest BCUT2D eigenvalue weighted by Crippen LogP contribution is 2.33. The molecule has 106 valence electrons. The first-order chi connectivity index (χ1) is 10.2. The normalized spacial score (nSPS) is 10.6. The van der Waals surface area contributed by atoms with Crippen LogP contribution in [0.25, 0.3) is 10.9 Å². The number of nitrogens with one attached hydrogen (secondary N) is 1. The number of rotatable bonds is 3. The monoisotopic (exact) mass is 407 g/mol. The molecule has 1 N–H and O–H groups in total. The van der Waals surface area contributed by atoms with Crippen LogP contribution in [-0.4, -0.2) is 17.1 Å². The summed E-state index contributed by atoms with van der Waals surface area (Å²) in [5.41, 5.74) is 1.71. The molecule has 0 saturated heterocycles. The predicted molar refractivity (Wildman–Crippen MR) is 91.2 cm³/mol. The van der Waals surface area contributed by atoms with E-state index < -0.39 is 0 Å². The lowest BCUT2D eigenvalue weighted by Gasteiger charge is -2.12. The number of benzene rings is 2. The molecular weight excluding hydrogens is 398 g/mol. The first-order valence-corrected chi connectivity index (χ1v) is 7.77. The molecule has 6 heteroatoms. The summed E-state index contributed by atoms with van der Waals surface area (Å²) in [5, 5.41) is 4.22. The first kappa shape index (κ1) is 14.3. The molecule has 4 nitrogen and oxygen atoms in total. The molecule has 0 spiro atoms. The van der Waals surface area contributed by atoms with Gasteiger partial charge in [-0.25, -0.2) is 9.97 Å².